The summed E-state index contributed by atoms with van der Waals surface area (Å²) in [6.45, 7) is 2.75. The normalized spacial score (nSPS) is 16.6. The third-order valence-electron chi connectivity index (χ3n) is 3.99. The zero-order chi connectivity index (χ0) is 16.8. The average Bonchev–Trinajstić information content (AvgIpc) is 2.62. The monoisotopic (exact) mass is 350 g/mol. The Morgan fingerprint density at radius 1 is 1.04 bits per heavy atom. The van der Waals surface area contributed by atoms with Gasteiger partial charge in [-0.3, -0.25) is 9.59 Å². The number of nitrogens with zero attached hydrogens (tertiary/aromatic N) is 1. The molecule has 2 aliphatic heterocycles. The van der Waals surface area contributed by atoms with Crippen LogP contribution in [0.5, 0.6) is 11.5 Å². The maximum Gasteiger partial charge on any atom is 0.234 e. The van der Waals surface area contributed by atoms with Crippen LogP contribution in [0.25, 0.3) is 0 Å². The number of thioether (sulfide) groups is 1. The quantitative estimate of drug-likeness (QED) is 0.881. The van der Waals surface area contributed by atoms with Crippen molar-refractivity contribution in [3.05, 3.63) is 18.2 Å². The number of ether oxygens (including phenoxy) is 2. The van der Waals surface area contributed by atoms with E-state index in [0.717, 1.165) is 25.9 Å². The number of hydrogen-bond acceptors (Lipinski definition) is 5. The fraction of sp³-hybridized carbons (Fsp3) is 0.529. The van der Waals surface area contributed by atoms with Gasteiger partial charge in [-0.05, 0) is 31.4 Å². The van der Waals surface area contributed by atoms with E-state index < -0.39 is 0 Å². The Labute approximate surface area is 145 Å². The number of likely N-dealkylation sites (tertiary alicyclic amines) is 1. The SMILES string of the molecule is O=C(CSCC(=O)N1CCCCC1)Nc1ccc2c(c1)OCCO2. The van der Waals surface area contributed by atoms with Crippen molar-refractivity contribution < 1.29 is 19.1 Å². The lowest BCUT2D eigenvalue weighted by molar-refractivity contribution is -0.129. The minimum Gasteiger partial charge on any atom is -0.486 e. The van der Waals surface area contributed by atoms with E-state index in [-0.39, 0.29) is 17.6 Å². The van der Waals surface area contributed by atoms with Crippen LogP contribution in [-0.4, -0.2) is 54.5 Å². The maximum absolute atomic E-state index is 12.0. The molecule has 0 aliphatic carbocycles. The van der Waals surface area contributed by atoms with Gasteiger partial charge in [0.2, 0.25) is 11.8 Å². The van der Waals surface area contributed by atoms with Crippen molar-refractivity contribution in [2.45, 2.75) is 19.3 Å². The number of hydrogen-bond donors (Lipinski definition) is 1. The van der Waals surface area contributed by atoms with Crippen molar-refractivity contribution in [3.8, 4) is 11.5 Å². The first-order valence-corrected chi connectivity index (χ1v) is 9.43. The summed E-state index contributed by atoms with van der Waals surface area (Å²) in [6, 6.07) is 5.34. The van der Waals surface area contributed by atoms with E-state index >= 15 is 0 Å². The predicted molar refractivity (Wildman–Crippen MR) is 93.8 cm³/mol. The highest BCUT2D eigenvalue weighted by Crippen LogP contribution is 2.32. The molecular formula is C17H22N2O4S. The number of carbonyl (C=O) groups is 2. The maximum atomic E-state index is 12.0. The largest absolute Gasteiger partial charge is 0.486 e. The molecule has 24 heavy (non-hydrogen) atoms. The topological polar surface area (TPSA) is 67.9 Å². The second kappa shape index (κ2) is 8.28. The molecule has 0 bridgehead atoms. The standard InChI is InChI=1S/C17H22N2O4S/c20-16(11-24-12-17(21)19-6-2-1-3-7-19)18-13-4-5-14-15(10-13)23-9-8-22-14/h4-5,10H,1-3,6-9,11-12H2,(H,18,20). The van der Waals surface area contributed by atoms with Crippen LogP contribution in [0, 0.1) is 0 Å². The molecule has 0 spiro atoms. The fourth-order valence-electron chi connectivity index (χ4n) is 2.78. The number of rotatable bonds is 5. The Balaban J connectivity index is 1.41. The Morgan fingerprint density at radius 3 is 2.58 bits per heavy atom. The molecule has 1 fully saturated rings. The van der Waals surface area contributed by atoms with Crippen molar-refractivity contribution in [3.63, 3.8) is 0 Å². The molecule has 2 heterocycles. The molecule has 0 saturated carbocycles. The summed E-state index contributed by atoms with van der Waals surface area (Å²) >= 11 is 1.35. The van der Waals surface area contributed by atoms with Gasteiger partial charge in [-0.25, -0.2) is 0 Å². The lowest BCUT2D eigenvalue weighted by atomic mass is 10.1. The highest BCUT2D eigenvalue weighted by Gasteiger charge is 2.17. The zero-order valence-corrected chi connectivity index (χ0v) is 14.4. The van der Waals surface area contributed by atoms with E-state index in [9.17, 15) is 9.59 Å². The van der Waals surface area contributed by atoms with Gasteiger partial charge in [0.15, 0.2) is 11.5 Å². The van der Waals surface area contributed by atoms with E-state index in [1.54, 1.807) is 18.2 Å². The smallest absolute Gasteiger partial charge is 0.234 e. The zero-order valence-electron chi connectivity index (χ0n) is 13.6. The molecule has 1 saturated heterocycles. The van der Waals surface area contributed by atoms with Crippen molar-refractivity contribution >= 4 is 29.3 Å². The number of benzene rings is 1. The van der Waals surface area contributed by atoms with Gasteiger partial charge in [-0.2, -0.15) is 0 Å². The average molecular weight is 350 g/mol. The molecule has 130 valence electrons. The highest BCUT2D eigenvalue weighted by molar-refractivity contribution is 8.00. The van der Waals surface area contributed by atoms with Gasteiger partial charge < -0.3 is 19.7 Å². The molecule has 0 unspecified atom stereocenters. The summed E-state index contributed by atoms with van der Waals surface area (Å²) in [7, 11) is 0. The van der Waals surface area contributed by atoms with Crippen molar-refractivity contribution in [2.24, 2.45) is 0 Å². The van der Waals surface area contributed by atoms with Crippen LogP contribution in [0.4, 0.5) is 5.69 Å². The first-order valence-electron chi connectivity index (χ1n) is 8.27. The third kappa shape index (κ3) is 4.56. The molecule has 3 rings (SSSR count). The number of piperidine rings is 1. The summed E-state index contributed by atoms with van der Waals surface area (Å²) in [5.41, 5.74) is 0.673. The summed E-state index contributed by atoms with van der Waals surface area (Å²) in [6.07, 6.45) is 3.37. The minimum absolute atomic E-state index is 0.122. The third-order valence-corrected chi connectivity index (χ3v) is 4.91. The van der Waals surface area contributed by atoms with Crippen LogP contribution in [0.3, 0.4) is 0 Å². The molecule has 2 aliphatic rings. The van der Waals surface area contributed by atoms with Crippen LogP contribution in [0.15, 0.2) is 18.2 Å². The summed E-state index contributed by atoms with van der Waals surface area (Å²) < 4.78 is 10.9. The Morgan fingerprint density at radius 2 is 1.79 bits per heavy atom. The highest BCUT2D eigenvalue weighted by atomic mass is 32.2. The predicted octanol–water partition coefficient (Wildman–Crippen LogP) is 2.14. The Kier molecular flexibility index (Phi) is 5.85. The lowest BCUT2D eigenvalue weighted by Crippen LogP contribution is -2.37. The summed E-state index contributed by atoms with van der Waals surface area (Å²) in [5.74, 6) is 1.96. The van der Waals surface area contributed by atoms with Gasteiger partial charge in [0.25, 0.3) is 0 Å². The molecule has 6 nitrogen and oxygen atoms in total. The van der Waals surface area contributed by atoms with Gasteiger partial charge >= 0.3 is 0 Å². The number of fused-ring (bicyclic) bond motifs is 1. The Hall–Kier alpha value is -1.89. The minimum atomic E-state index is -0.122. The first kappa shape index (κ1) is 17.0. The van der Waals surface area contributed by atoms with Gasteiger partial charge in [0.1, 0.15) is 13.2 Å². The second-order valence-electron chi connectivity index (χ2n) is 5.84. The molecule has 1 aromatic carbocycles. The van der Waals surface area contributed by atoms with Crippen LogP contribution < -0.4 is 14.8 Å². The second-order valence-corrected chi connectivity index (χ2v) is 6.83. The van der Waals surface area contributed by atoms with Crippen molar-refractivity contribution in [1.82, 2.24) is 4.90 Å². The van der Waals surface area contributed by atoms with E-state index in [1.807, 2.05) is 4.90 Å². The lowest BCUT2D eigenvalue weighted by Gasteiger charge is -2.26. The van der Waals surface area contributed by atoms with E-state index in [4.69, 9.17) is 9.47 Å². The molecule has 2 amide bonds. The number of nitrogens with one attached hydrogen (secondary N) is 1. The summed E-state index contributed by atoms with van der Waals surface area (Å²) in [4.78, 5) is 25.9. The number of carbonyl (C=O) groups excluding carboxylic acids is 2. The molecule has 0 atom stereocenters. The number of amides is 2. The van der Waals surface area contributed by atoms with Gasteiger partial charge in [-0.15, -0.1) is 11.8 Å². The van der Waals surface area contributed by atoms with E-state index in [0.29, 0.717) is 36.2 Å². The van der Waals surface area contributed by atoms with Crippen molar-refractivity contribution in [2.75, 3.05) is 43.1 Å². The molecule has 1 aromatic rings. The van der Waals surface area contributed by atoms with E-state index in [1.165, 1.54) is 18.2 Å². The van der Waals surface area contributed by atoms with Gasteiger partial charge in [0.05, 0.1) is 11.5 Å². The van der Waals surface area contributed by atoms with Crippen LogP contribution >= 0.6 is 11.8 Å². The van der Waals surface area contributed by atoms with Gasteiger partial charge in [0, 0.05) is 24.8 Å². The molecule has 0 radical (unpaired) electrons. The summed E-state index contributed by atoms with van der Waals surface area (Å²) in [5, 5.41) is 2.83. The van der Waals surface area contributed by atoms with E-state index in [2.05, 4.69) is 5.32 Å². The van der Waals surface area contributed by atoms with Crippen LogP contribution in [0.1, 0.15) is 19.3 Å². The molecule has 7 heteroatoms. The fourth-order valence-corrected chi connectivity index (χ4v) is 3.50. The van der Waals surface area contributed by atoms with Crippen molar-refractivity contribution in [1.29, 1.82) is 0 Å². The molecule has 0 aromatic heterocycles. The first-order chi connectivity index (χ1) is 11.7. The number of anilines is 1. The van der Waals surface area contributed by atoms with Crippen LogP contribution in [0.2, 0.25) is 0 Å². The van der Waals surface area contributed by atoms with Gasteiger partial charge in [-0.1, -0.05) is 0 Å². The molecule has 1 N–H and O–H groups in total. The molecular weight excluding hydrogens is 328 g/mol. The Bertz CT molecular complexity index is 602. The van der Waals surface area contributed by atoms with Crippen LogP contribution in [-0.2, 0) is 9.59 Å².